The summed E-state index contributed by atoms with van der Waals surface area (Å²) in [4.78, 5) is 14.6. The van der Waals surface area contributed by atoms with Gasteiger partial charge in [-0.25, -0.2) is 0 Å². The second-order valence-corrected chi connectivity index (χ2v) is 5.63. The molecule has 0 spiro atoms. The lowest BCUT2D eigenvalue weighted by Crippen LogP contribution is -2.49. The minimum absolute atomic E-state index is 0.0962. The molecule has 4 nitrogen and oxygen atoms in total. The van der Waals surface area contributed by atoms with Crippen LogP contribution in [0, 0.1) is 0 Å². The molecule has 116 valence electrons. The minimum atomic E-state index is -0.0962. The first kappa shape index (κ1) is 16.0. The third kappa shape index (κ3) is 4.55. The number of benzene rings is 1. The summed E-state index contributed by atoms with van der Waals surface area (Å²) in [6.45, 7) is 8.93. The van der Waals surface area contributed by atoms with E-state index in [1.54, 1.807) is 0 Å². The van der Waals surface area contributed by atoms with E-state index in [0.29, 0.717) is 0 Å². The van der Waals surface area contributed by atoms with Crippen LogP contribution in [-0.2, 0) is 17.8 Å². The van der Waals surface area contributed by atoms with Crippen LogP contribution in [0.3, 0.4) is 0 Å². The molecule has 0 radical (unpaired) electrons. The smallest absolute Gasteiger partial charge is 0.237 e. The highest BCUT2D eigenvalue weighted by atomic mass is 16.2. The van der Waals surface area contributed by atoms with Gasteiger partial charge in [-0.15, -0.1) is 0 Å². The number of amides is 1. The fourth-order valence-corrected chi connectivity index (χ4v) is 2.84. The van der Waals surface area contributed by atoms with Crippen LogP contribution < -0.4 is 10.6 Å². The second kappa shape index (κ2) is 8.15. The van der Waals surface area contributed by atoms with Crippen molar-refractivity contribution in [3.8, 4) is 0 Å². The molecule has 0 aromatic heterocycles. The van der Waals surface area contributed by atoms with Crippen molar-refractivity contribution in [1.82, 2.24) is 15.5 Å². The van der Waals surface area contributed by atoms with Crippen LogP contribution in [0.5, 0.6) is 0 Å². The Morgan fingerprint density at radius 1 is 1.29 bits per heavy atom. The van der Waals surface area contributed by atoms with Gasteiger partial charge in [0.2, 0.25) is 5.91 Å². The molecular weight excluding hydrogens is 262 g/mol. The molecule has 1 aliphatic rings. The van der Waals surface area contributed by atoms with Crippen molar-refractivity contribution >= 4 is 5.91 Å². The maximum Gasteiger partial charge on any atom is 0.237 e. The SMILES string of the molecule is CCCN(CC)CCNC(=O)C1Cc2ccccc2CN1. The summed E-state index contributed by atoms with van der Waals surface area (Å²) in [6, 6.07) is 8.24. The Kier molecular flexibility index (Phi) is 6.21. The van der Waals surface area contributed by atoms with Gasteiger partial charge in [-0.2, -0.15) is 0 Å². The Labute approximate surface area is 127 Å². The van der Waals surface area contributed by atoms with Gasteiger partial charge in [0.15, 0.2) is 0 Å². The van der Waals surface area contributed by atoms with E-state index in [1.165, 1.54) is 11.1 Å². The standard InChI is InChI=1S/C17H27N3O/c1-3-10-20(4-2)11-9-18-17(21)16-12-14-7-5-6-8-15(14)13-19-16/h5-8,16,19H,3-4,9-13H2,1-2H3,(H,18,21). The highest BCUT2D eigenvalue weighted by Gasteiger charge is 2.23. The van der Waals surface area contributed by atoms with Crippen molar-refractivity contribution in [3.63, 3.8) is 0 Å². The largest absolute Gasteiger partial charge is 0.353 e. The molecular formula is C17H27N3O. The summed E-state index contributed by atoms with van der Waals surface area (Å²) in [5, 5.41) is 6.39. The number of fused-ring (bicyclic) bond motifs is 1. The second-order valence-electron chi connectivity index (χ2n) is 5.63. The van der Waals surface area contributed by atoms with Gasteiger partial charge in [-0.1, -0.05) is 38.1 Å². The van der Waals surface area contributed by atoms with E-state index in [4.69, 9.17) is 0 Å². The minimum Gasteiger partial charge on any atom is -0.353 e. The molecule has 1 amide bonds. The highest BCUT2D eigenvalue weighted by Crippen LogP contribution is 2.16. The van der Waals surface area contributed by atoms with E-state index >= 15 is 0 Å². The molecule has 0 saturated carbocycles. The lowest BCUT2D eigenvalue weighted by Gasteiger charge is -2.26. The monoisotopic (exact) mass is 289 g/mol. The van der Waals surface area contributed by atoms with Crippen LogP contribution in [0.25, 0.3) is 0 Å². The van der Waals surface area contributed by atoms with Crippen molar-refractivity contribution in [2.75, 3.05) is 26.2 Å². The molecule has 0 bridgehead atoms. The number of hydrogen-bond donors (Lipinski definition) is 2. The molecule has 1 aliphatic heterocycles. The molecule has 1 unspecified atom stereocenters. The van der Waals surface area contributed by atoms with E-state index in [1.807, 2.05) is 12.1 Å². The number of carbonyl (C=O) groups is 1. The molecule has 1 heterocycles. The number of nitrogens with zero attached hydrogens (tertiary/aromatic N) is 1. The average molecular weight is 289 g/mol. The lowest BCUT2D eigenvalue weighted by atomic mass is 9.95. The van der Waals surface area contributed by atoms with E-state index in [9.17, 15) is 4.79 Å². The number of rotatable bonds is 7. The molecule has 1 aromatic rings. The van der Waals surface area contributed by atoms with Crippen LogP contribution in [0.1, 0.15) is 31.4 Å². The lowest BCUT2D eigenvalue weighted by molar-refractivity contribution is -0.123. The third-order valence-electron chi connectivity index (χ3n) is 4.11. The fraction of sp³-hybridized carbons (Fsp3) is 0.588. The van der Waals surface area contributed by atoms with Crippen LogP contribution in [0.4, 0.5) is 0 Å². The normalized spacial score (nSPS) is 17.6. The van der Waals surface area contributed by atoms with Gasteiger partial charge in [-0.05, 0) is 37.1 Å². The van der Waals surface area contributed by atoms with Crippen molar-refractivity contribution < 1.29 is 4.79 Å². The van der Waals surface area contributed by atoms with Gasteiger partial charge in [0.05, 0.1) is 6.04 Å². The van der Waals surface area contributed by atoms with E-state index in [-0.39, 0.29) is 11.9 Å². The molecule has 1 atom stereocenters. The maximum absolute atomic E-state index is 12.2. The van der Waals surface area contributed by atoms with Gasteiger partial charge >= 0.3 is 0 Å². The van der Waals surface area contributed by atoms with Gasteiger partial charge in [0.1, 0.15) is 0 Å². The maximum atomic E-state index is 12.2. The summed E-state index contributed by atoms with van der Waals surface area (Å²) in [7, 11) is 0. The van der Waals surface area contributed by atoms with Crippen LogP contribution in [0.2, 0.25) is 0 Å². The summed E-state index contributed by atoms with van der Waals surface area (Å²) in [5.41, 5.74) is 2.60. The molecule has 0 saturated heterocycles. The third-order valence-corrected chi connectivity index (χ3v) is 4.11. The van der Waals surface area contributed by atoms with Crippen LogP contribution in [-0.4, -0.2) is 43.0 Å². The Balaban J connectivity index is 1.77. The number of hydrogen-bond acceptors (Lipinski definition) is 3. The van der Waals surface area contributed by atoms with Gasteiger partial charge in [-0.3, -0.25) is 4.79 Å². The zero-order valence-electron chi connectivity index (χ0n) is 13.2. The predicted molar refractivity (Wildman–Crippen MR) is 86.2 cm³/mol. The molecule has 2 N–H and O–H groups in total. The molecule has 4 heteroatoms. The quantitative estimate of drug-likeness (QED) is 0.800. The zero-order valence-corrected chi connectivity index (χ0v) is 13.2. The summed E-state index contributed by atoms with van der Waals surface area (Å²) < 4.78 is 0. The van der Waals surface area contributed by atoms with Crippen LogP contribution in [0.15, 0.2) is 24.3 Å². The molecule has 21 heavy (non-hydrogen) atoms. The number of carbonyl (C=O) groups excluding carboxylic acids is 1. The first-order valence-electron chi connectivity index (χ1n) is 8.04. The number of nitrogens with one attached hydrogen (secondary N) is 2. The average Bonchev–Trinajstić information content (AvgIpc) is 2.53. The van der Waals surface area contributed by atoms with Crippen molar-refractivity contribution in [2.45, 2.75) is 39.3 Å². The topological polar surface area (TPSA) is 44.4 Å². The Morgan fingerprint density at radius 2 is 2.05 bits per heavy atom. The molecule has 0 aliphatic carbocycles. The molecule has 1 aromatic carbocycles. The first-order chi connectivity index (χ1) is 10.2. The zero-order chi connectivity index (χ0) is 15.1. The van der Waals surface area contributed by atoms with Gasteiger partial charge in [0, 0.05) is 19.6 Å². The van der Waals surface area contributed by atoms with E-state index < -0.39 is 0 Å². The van der Waals surface area contributed by atoms with Gasteiger partial charge < -0.3 is 15.5 Å². The molecule has 2 rings (SSSR count). The first-order valence-corrected chi connectivity index (χ1v) is 8.04. The Morgan fingerprint density at radius 3 is 2.76 bits per heavy atom. The summed E-state index contributed by atoms with van der Waals surface area (Å²) >= 11 is 0. The van der Waals surface area contributed by atoms with E-state index in [0.717, 1.165) is 45.6 Å². The summed E-state index contributed by atoms with van der Waals surface area (Å²) in [5.74, 6) is 0.122. The summed E-state index contributed by atoms with van der Waals surface area (Å²) in [6.07, 6.45) is 1.94. The highest BCUT2D eigenvalue weighted by molar-refractivity contribution is 5.82. The van der Waals surface area contributed by atoms with E-state index in [2.05, 4.69) is 41.5 Å². The van der Waals surface area contributed by atoms with Crippen molar-refractivity contribution in [2.24, 2.45) is 0 Å². The van der Waals surface area contributed by atoms with Gasteiger partial charge in [0.25, 0.3) is 0 Å². The fourth-order valence-electron chi connectivity index (χ4n) is 2.84. The van der Waals surface area contributed by atoms with Crippen molar-refractivity contribution in [1.29, 1.82) is 0 Å². The predicted octanol–water partition coefficient (Wildman–Crippen LogP) is 1.55. The Bertz CT molecular complexity index is 461. The van der Waals surface area contributed by atoms with Crippen molar-refractivity contribution in [3.05, 3.63) is 35.4 Å². The Hall–Kier alpha value is -1.39. The molecule has 0 fully saturated rings. The van der Waals surface area contributed by atoms with Crippen LogP contribution >= 0.6 is 0 Å². The number of likely N-dealkylation sites (N-methyl/N-ethyl adjacent to an activating group) is 1.